The van der Waals surface area contributed by atoms with Crippen LogP contribution in [0, 0.1) is 0 Å². The van der Waals surface area contributed by atoms with Crippen LogP contribution in [0.15, 0.2) is 30.3 Å². The van der Waals surface area contributed by atoms with E-state index in [4.69, 9.17) is 23.2 Å². The van der Waals surface area contributed by atoms with E-state index in [0.29, 0.717) is 34.6 Å². The van der Waals surface area contributed by atoms with Crippen molar-refractivity contribution in [3.63, 3.8) is 0 Å². The first kappa shape index (κ1) is 23.4. The summed E-state index contributed by atoms with van der Waals surface area (Å²) in [6.07, 6.45) is -4.47. The molecule has 0 bridgehead atoms. The van der Waals surface area contributed by atoms with Gasteiger partial charge in [-0.3, -0.25) is 9.59 Å². The van der Waals surface area contributed by atoms with Gasteiger partial charge >= 0.3 is 12.1 Å². The fourth-order valence-electron chi connectivity index (χ4n) is 4.23. The zero-order valence-corrected chi connectivity index (χ0v) is 18.7. The number of rotatable bonds is 3. The highest BCUT2D eigenvalue weighted by Gasteiger charge is 2.38. The van der Waals surface area contributed by atoms with Gasteiger partial charge in [0, 0.05) is 35.3 Å². The Bertz CT molecular complexity index is 1260. The number of halogens is 5. The van der Waals surface area contributed by atoms with Crippen molar-refractivity contribution in [2.75, 3.05) is 18.5 Å². The van der Waals surface area contributed by atoms with Gasteiger partial charge in [-0.2, -0.15) is 13.2 Å². The number of nitrogens with one attached hydrogen (secondary N) is 2. The van der Waals surface area contributed by atoms with Gasteiger partial charge in [-0.05, 0) is 36.2 Å². The number of aliphatic hydroxyl groups is 1. The lowest BCUT2D eigenvalue weighted by molar-refractivity contribution is -0.167. The molecule has 6 nitrogen and oxygen atoms in total. The van der Waals surface area contributed by atoms with Crippen molar-refractivity contribution in [3.05, 3.63) is 51.6 Å². The molecule has 0 radical (unpaired) electrons. The van der Waals surface area contributed by atoms with E-state index in [0.717, 1.165) is 16.6 Å². The Labute approximate surface area is 196 Å². The van der Waals surface area contributed by atoms with Gasteiger partial charge in [0.1, 0.15) is 6.61 Å². The topological polar surface area (TPSA) is 85.4 Å². The average molecular weight is 500 g/mol. The minimum Gasteiger partial charge on any atom is -0.387 e. The van der Waals surface area contributed by atoms with Gasteiger partial charge in [0.15, 0.2) is 0 Å². The molecular weight excluding hydrogens is 482 g/mol. The number of amides is 2. The van der Waals surface area contributed by atoms with E-state index in [2.05, 4.69) is 4.98 Å². The van der Waals surface area contributed by atoms with E-state index in [9.17, 15) is 27.9 Å². The smallest absolute Gasteiger partial charge is 0.387 e. The first-order chi connectivity index (χ1) is 15.5. The number of benzene rings is 2. The van der Waals surface area contributed by atoms with E-state index in [1.807, 2.05) is 12.2 Å². The second-order valence-corrected chi connectivity index (χ2v) is 8.47. The Morgan fingerprint density at radius 3 is 2.52 bits per heavy atom. The van der Waals surface area contributed by atoms with E-state index in [-0.39, 0.29) is 16.8 Å². The van der Waals surface area contributed by atoms with E-state index < -0.39 is 24.6 Å². The molecular formula is C22H18Cl2F3N3O3. The highest BCUT2D eigenvalue weighted by atomic mass is 35.5. The number of H-pyrrole nitrogens is 1. The van der Waals surface area contributed by atoms with Gasteiger partial charge in [-0.15, -0.1) is 0 Å². The molecule has 1 aromatic heterocycles. The molecule has 3 aromatic rings. The zero-order valence-electron chi connectivity index (χ0n) is 17.2. The molecule has 0 spiro atoms. The second kappa shape index (κ2) is 8.55. The van der Waals surface area contributed by atoms with Crippen LogP contribution in [-0.2, 0) is 16.0 Å². The predicted octanol–water partition coefficient (Wildman–Crippen LogP) is 5.08. The molecule has 11 heteroatoms. The molecule has 2 aromatic carbocycles. The Morgan fingerprint density at radius 1 is 1.24 bits per heavy atom. The van der Waals surface area contributed by atoms with E-state index in [1.54, 1.807) is 23.1 Å². The molecule has 1 aliphatic rings. The van der Waals surface area contributed by atoms with E-state index >= 15 is 0 Å². The number of aromatic nitrogens is 1. The van der Waals surface area contributed by atoms with Gasteiger partial charge in [0.25, 0.3) is 0 Å². The number of carbonyl (C=O) groups is 2. The molecule has 174 valence electrons. The van der Waals surface area contributed by atoms with Crippen LogP contribution >= 0.6 is 23.2 Å². The van der Waals surface area contributed by atoms with Crippen LogP contribution < -0.4 is 5.32 Å². The molecule has 0 fully saturated rings. The highest BCUT2D eigenvalue weighted by Crippen LogP contribution is 2.45. The molecule has 33 heavy (non-hydrogen) atoms. The maximum atomic E-state index is 12.5. The number of alkyl halides is 3. The van der Waals surface area contributed by atoms with Crippen molar-refractivity contribution in [2.24, 2.45) is 0 Å². The van der Waals surface area contributed by atoms with Crippen molar-refractivity contribution < 1.29 is 27.9 Å². The molecule has 2 amide bonds. The second-order valence-electron chi connectivity index (χ2n) is 7.69. The van der Waals surface area contributed by atoms with Crippen molar-refractivity contribution in [3.8, 4) is 11.1 Å². The third kappa shape index (κ3) is 4.16. The number of fused-ring (bicyclic) bond motifs is 3. The number of aromatic amines is 1. The number of hydrogen-bond acceptors (Lipinski definition) is 3. The van der Waals surface area contributed by atoms with Gasteiger partial charge in [-0.25, -0.2) is 0 Å². The molecule has 0 aliphatic carbocycles. The zero-order chi connectivity index (χ0) is 24.1. The van der Waals surface area contributed by atoms with Gasteiger partial charge in [-0.1, -0.05) is 35.3 Å². The quantitative estimate of drug-likeness (QED) is 0.469. The molecule has 4 rings (SSSR count). The van der Waals surface area contributed by atoms with E-state index in [1.165, 1.54) is 12.1 Å². The summed E-state index contributed by atoms with van der Waals surface area (Å²) >= 11 is 12.8. The summed E-state index contributed by atoms with van der Waals surface area (Å²) in [5, 5.41) is 12.5. The molecule has 0 saturated carbocycles. The summed E-state index contributed by atoms with van der Waals surface area (Å²) in [6, 6.07) is 7.14. The molecule has 0 saturated heterocycles. The Hall–Kier alpha value is -2.75. The fourth-order valence-corrected chi connectivity index (χ4v) is 4.63. The summed E-state index contributed by atoms with van der Waals surface area (Å²) < 4.78 is 37.6. The molecule has 1 atom stereocenters. The monoisotopic (exact) mass is 499 g/mol. The van der Waals surface area contributed by atoms with Gasteiger partial charge < -0.3 is 20.3 Å². The summed E-state index contributed by atoms with van der Waals surface area (Å²) in [6.45, 7) is 1.67. The standard InChI is InChI=1S/C22H18Cl2F3N3O3/c1-10-17-15(6-7-30(10)16(32)9-31)29-20-18(17)13(8-14(23)19(20)24)11-2-4-12(5-3-11)28-21(33)22(25,26)27/h2-5,8,10,29,31H,6-7,9H2,1H3,(H,28,33)/t10-/m0/s1. The van der Waals surface area contributed by atoms with Crippen LogP contribution in [0.25, 0.3) is 22.0 Å². The highest BCUT2D eigenvalue weighted by molar-refractivity contribution is 6.45. The normalized spacial score (nSPS) is 16.1. The molecule has 1 aliphatic heterocycles. The first-order valence-corrected chi connectivity index (χ1v) is 10.7. The summed E-state index contributed by atoms with van der Waals surface area (Å²) in [5.41, 5.74) is 3.59. The third-order valence-electron chi connectivity index (χ3n) is 5.74. The summed E-state index contributed by atoms with van der Waals surface area (Å²) in [7, 11) is 0. The summed E-state index contributed by atoms with van der Waals surface area (Å²) in [5.74, 6) is -2.46. The maximum Gasteiger partial charge on any atom is 0.471 e. The van der Waals surface area contributed by atoms with Crippen LogP contribution in [0.1, 0.15) is 24.2 Å². The number of carbonyl (C=O) groups excluding carboxylic acids is 2. The van der Waals surface area contributed by atoms with Crippen LogP contribution in [0.5, 0.6) is 0 Å². The minimum atomic E-state index is -4.99. The SMILES string of the molecule is C[C@H]1c2c([nH]c3c(Cl)c(Cl)cc(-c4ccc(NC(=O)C(F)(F)F)cc4)c23)CCN1C(=O)CO. The number of nitrogens with zero attached hydrogens (tertiary/aromatic N) is 1. The van der Waals surface area contributed by atoms with Crippen LogP contribution in [0.2, 0.25) is 10.0 Å². The fraction of sp³-hybridized carbons (Fsp3) is 0.273. The lowest BCUT2D eigenvalue weighted by atomic mass is 9.92. The maximum absolute atomic E-state index is 12.5. The molecule has 2 heterocycles. The van der Waals surface area contributed by atoms with Crippen molar-refractivity contribution in [1.29, 1.82) is 0 Å². The average Bonchev–Trinajstić information content (AvgIpc) is 3.17. The minimum absolute atomic E-state index is 0.0124. The molecule has 0 unspecified atom stereocenters. The van der Waals surface area contributed by atoms with Crippen LogP contribution in [0.4, 0.5) is 18.9 Å². The van der Waals surface area contributed by atoms with Crippen molar-refractivity contribution >= 4 is 51.6 Å². The summed E-state index contributed by atoms with van der Waals surface area (Å²) in [4.78, 5) is 28.3. The van der Waals surface area contributed by atoms with Gasteiger partial charge in [0.05, 0.1) is 21.6 Å². The number of aliphatic hydroxyl groups excluding tert-OH is 1. The molecule has 3 N–H and O–H groups in total. The van der Waals surface area contributed by atoms with Crippen LogP contribution in [0.3, 0.4) is 0 Å². The third-order valence-corrected chi connectivity index (χ3v) is 6.53. The Kier molecular flexibility index (Phi) is 6.07. The predicted molar refractivity (Wildman–Crippen MR) is 119 cm³/mol. The van der Waals surface area contributed by atoms with Crippen molar-refractivity contribution in [2.45, 2.75) is 25.6 Å². The van der Waals surface area contributed by atoms with Crippen LogP contribution in [-0.4, -0.2) is 46.1 Å². The largest absolute Gasteiger partial charge is 0.471 e. The first-order valence-electron chi connectivity index (χ1n) is 9.94. The lowest BCUT2D eigenvalue weighted by Gasteiger charge is -2.33. The Balaban J connectivity index is 1.82. The van der Waals surface area contributed by atoms with Gasteiger partial charge in [0.2, 0.25) is 5.91 Å². The van der Waals surface area contributed by atoms with Crippen molar-refractivity contribution in [1.82, 2.24) is 9.88 Å². The number of hydrogen-bond donors (Lipinski definition) is 3. The lowest BCUT2D eigenvalue weighted by Crippen LogP contribution is -2.40. The Morgan fingerprint density at radius 2 is 1.91 bits per heavy atom. The number of anilines is 1.